The van der Waals surface area contributed by atoms with E-state index in [1.54, 1.807) is 11.1 Å². The van der Waals surface area contributed by atoms with Crippen molar-refractivity contribution in [2.45, 2.75) is 26.7 Å². The Hall–Kier alpha value is -0.260. The fraction of sp³-hybridized carbons (Fsp3) is 0.750. The van der Waals surface area contributed by atoms with Crippen LogP contribution in [0.4, 0.5) is 0 Å². The van der Waals surface area contributed by atoms with E-state index >= 15 is 0 Å². The Morgan fingerprint density at radius 2 is 2.25 bits per heavy atom. The lowest BCUT2D eigenvalue weighted by molar-refractivity contribution is 0.462. The summed E-state index contributed by atoms with van der Waals surface area (Å²) >= 11 is 0. The van der Waals surface area contributed by atoms with Crippen molar-refractivity contribution in [3.8, 4) is 0 Å². The molecular weight excluding hydrogens is 96.1 g/mol. The predicted molar refractivity (Wildman–Crippen MR) is 34.6 cm³/mol. The van der Waals surface area contributed by atoms with Gasteiger partial charge < -0.3 is 0 Å². The standard InChI is InChI=1S/C8H12/c1-5-7-3-4-8(5)6(7)2/h5,7H,3-4H2,1-2H3. The molecular formula is C8H12. The molecule has 0 spiro atoms. The highest BCUT2D eigenvalue weighted by atomic mass is 14.4. The molecule has 8 heavy (non-hydrogen) atoms. The van der Waals surface area contributed by atoms with E-state index in [1.165, 1.54) is 12.8 Å². The molecule has 0 heteroatoms. The lowest BCUT2D eigenvalue weighted by Gasteiger charge is -2.28. The SMILES string of the molecule is CC1=C2CCC1C2C. The van der Waals surface area contributed by atoms with Crippen molar-refractivity contribution in [2.24, 2.45) is 11.8 Å². The summed E-state index contributed by atoms with van der Waals surface area (Å²) in [5.74, 6) is 1.97. The molecule has 0 heterocycles. The average Bonchev–Trinajstić information content (AvgIpc) is 2.26. The number of fused-ring (bicyclic) bond motifs is 1. The molecule has 1 saturated carbocycles. The third-order valence-electron chi connectivity index (χ3n) is 2.94. The van der Waals surface area contributed by atoms with E-state index in [9.17, 15) is 0 Å². The molecule has 0 aromatic carbocycles. The zero-order chi connectivity index (χ0) is 5.72. The zero-order valence-electron chi connectivity index (χ0n) is 5.57. The topological polar surface area (TPSA) is 0 Å². The predicted octanol–water partition coefficient (Wildman–Crippen LogP) is 2.36. The van der Waals surface area contributed by atoms with Gasteiger partial charge in [0.05, 0.1) is 0 Å². The molecule has 0 aromatic rings. The average molecular weight is 108 g/mol. The highest BCUT2D eigenvalue weighted by Gasteiger charge is 2.39. The van der Waals surface area contributed by atoms with E-state index in [-0.39, 0.29) is 0 Å². The van der Waals surface area contributed by atoms with Crippen molar-refractivity contribution in [2.75, 3.05) is 0 Å². The van der Waals surface area contributed by atoms with Gasteiger partial charge in [-0.25, -0.2) is 0 Å². The molecule has 2 bridgehead atoms. The molecule has 3 rings (SSSR count). The van der Waals surface area contributed by atoms with Crippen LogP contribution in [-0.4, -0.2) is 0 Å². The molecule has 3 aliphatic rings. The largest absolute Gasteiger partial charge is 0.0701 e. The Kier molecular flexibility index (Phi) is 0.677. The fourth-order valence-corrected chi connectivity index (χ4v) is 2.32. The van der Waals surface area contributed by atoms with Crippen molar-refractivity contribution >= 4 is 0 Å². The van der Waals surface area contributed by atoms with Crippen LogP contribution in [0.15, 0.2) is 11.1 Å². The number of allylic oxidation sites excluding steroid dienone is 2. The highest BCUT2D eigenvalue weighted by molar-refractivity contribution is 5.35. The summed E-state index contributed by atoms with van der Waals surface area (Å²) in [5.41, 5.74) is 3.49. The molecule has 0 saturated heterocycles. The summed E-state index contributed by atoms with van der Waals surface area (Å²) in [7, 11) is 0. The maximum atomic E-state index is 2.36. The van der Waals surface area contributed by atoms with Crippen LogP contribution in [0.3, 0.4) is 0 Å². The Labute approximate surface area is 50.6 Å². The molecule has 3 aliphatic carbocycles. The van der Waals surface area contributed by atoms with Crippen molar-refractivity contribution in [1.29, 1.82) is 0 Å². The van der Waals surface area contributed by atoms with Crippen molar-refractivity contribution in [3.63, 3.8) is 0 Å². The lowest BCUT2D eigenvalue weighted by Crippen LogP contribution is -2.17. The Balaban J connectivity index is 2.37. The van der Waals surface area contributed by atoms with E-state index < -0.39 is 0 Å². The van der Waals surface area contributed by atoms with Crippen LogP contribution in [0.2, 0.25) is 0 Å². The van der Waals surface area contributed by atoms with Gasteiger partial charge in [0.2, 0.25) is 0 Å². The molecule has 0 N–H and O–H groups in total. The summed E-state index contributed by atoms with van der Waals surface area (Å²) < 4.78 is 0. The molecule has 0 aliphatic heterocycles. The van der Waals surface area contributed by atoms with Gasteiger partial charge >= 0.3 is 0 Å². The van der Waals surface area contributed by atoms with Crippen LogP contribution in [0.1, 0.15) is 26.7 Å². The van der Waals surface area contributed by atoms with Gasteiger partial charge in [-0.05, 0) is 31.6 Å². The molecule has 0 amide bonds. The maximum absolute atomic E-state index is 2.36. The third-order valence-corrected chi connectivity index (χ3v) is 2.94. The minimum atomic E-state index is 0.968. The van der Waals surface area contributed by atoms with Gasteiger partial charge in [-0.1, -0.05) is 18.1 Å². The van der Waals surface area contributed by atoms with Crippen LogP contribution >= 0.6 is 0 Å². The first kappa shape index (κ1) is 4.60. The van der Waals surface area contributed by atoms with Crippen LogP contribution < -0.4 is 0 Å². The Bertz CT molecular complexity index is 153. The van der Waals surface area contributed by atoms with Gasteiger partial charge in [-0.15, -0.1) is 0 Å². The smallest absolute Gasteiger partial charge is 0.0137 e. The van der Waals surface area contributed by atoms with E-state index in [0.717, 1.165) is 11.8 Å². The zero-order valence-corrected chi connectivity index (χ0v) is 5.57. The second-order valence-electron chi connectivity index (χ2n) is 3.14. The lowest BCUT2D eigenvalue weighted by atomic mass is 9.77. The van der Waals surface area contributed by atoms with Gasteiger partial charge in [0, 0.05) is 0 Å². The summed E-state index contributed by atoms with van der Waals surface area (Å²) in [4.78, 5) is 0. The summed E-state index contributed by atoms with van der Waals surface area (Å²) in [6.45, 7) is 4.66. The number of hydrogen-bond donors (Lipinski definition) is 0. The minimum Gasteiger partial charge on any atom is -0.0701 e. The van der Waals surface area contributed by atoms with Gasteiger partial charge in [0.1, 0.15) is 0 Å². The monoisotopic (exact) mass is 108 g/mol. The van der Waals surface area contributed by atoms with Crippen molar-refractivity contribution in [1.82, 2.24) is 0 Å². The molecule has 2 atom stereocenters. The summed E-state index contributed by atoms with van der Waals surface area (Å²) in [5, 5.41) is 0. The first-order valence-electron chi connectivity index (χ1n) is 3.50. The number of rotatable bonds is 0. The molecule has 2 unspecified atom stereocenters. The van der Waals surface area contributed by atoms with E-state index in [1.807, 2.05) is 0 Å². The fourth-order valence-electron chi connectivity index (χ4n) is 2.32. The Morgan fingerprint density at radius 3 is 2.38 bits per heavy atom. The van der Waals surface area contributed by atoms with Crippen molar-refractivity contribution < 1.29 is 0 Å². The first-order chi connectivity index (χ1) is 3.80. The molecule has 1 fully saturated rings. The number of hydrogen-bond acceptors (Lipinski definition) is 0. The van der Waals surface area contributed by atoms with Crippen molar-refractivity contribution in [3.05, 3.63) is 11.1 Å². The molecule has 0 aromatic heterocycles. The van der Waals surface area contributed by atoms with E-state index in [0.29, 0.717) is 0 Å². The molecule has 0 radical (unpaired) electrons. The first-order valence-corrected chi connectivity index (χ1v) is 3.50. The van der Waals surface area contributed by atoms with Crippen LogP contribution in [0.5, 0.6) is 0 Å². The summed E-state index contributed by atoms with van der Waals surface area (Å²) in [6, 6.07) is 0. The van der Waals surface area contributed by atoms with Gasteiger partial charge in [-0.3, -0.25) is 0 Å². The van der Waals surface area contributed by atoms with Gasteiger partial charge in [0.15, 0.2) is 0 Å². The normalized spacial score (nSPS) is 42.8. The second kappa shape index (κ2) is 1.18. The van der Waals surface area contributed by atoms with E-state index in [4.69, 9.17) is 0 Å². The molecule has 44 valence electrons. The Morgan fingerprint density at radius 1 is 1.50 bits per heavy atom. The minimum absolute atomic E-state index is 0.968. The van der Waals surface area contributed by atoms with Crippen LogP contribution in [0, 0.1) is 11.8 Å². The second-order valence-corrected chi connectivity index (χ2v) is 3.14. The third kappa shape index (κ3) is 0.300. The van der Waals surface area contributed by atoms with Crippen LogP contribution in [-0.2, 0) is 0 Å². The quantitative estimate of drug-likeness (QED) is 0.418. The van der Waals surface area contributed by atoms with E-state index in [2.05, 4.69) is 13.8 Å². The highest BCUT2D eigenvalue weighted by Crippen LogP contribution is 2.52. The summed E-state index contributed by atoms with van der Waals surface area (Å²) in [6.07, 6.45) is 2.88. The van der Waals surface area contributed by atoms with Gasteiger partial charge in [0.25, 0.3) is 0 Å². The molecule has 0 nitrogen and oxygen atoms in total. The van der Waals surface area contributed by atoms with Gasteiger partial charge in [-0.2, -0.15) is 0 Å². The maximum Gasteiger partial charge on any atom is -0.0137 e. The van der Waals surface area contributed by atoms with Crippen LogP contribution in [0.25, 0.3) is 0 Å².